The van der Waals surface area contributed by atoms with Crippen LogP contribution in [0.3, 0.4) is 0 Å². The van der Waals surface area contributed by atoms with Crippen molar-refractivity contribution in [2.45, 2.75) is 11.0 Å². The predicted octanol–water partition coefficient (Wildman–Crippen LogP) is 1.07. The van der Waals surface area contributed by atoms with E-state index in [0.29, 0.717) is 0 Å². The molecular weight excluding hydrogens is 252 g/mol. The van der Waals surface area contributed by atoms with E-state index < -0.39 is 15.9 Å². The normalized spacial score (nSPS) is 13.4. The lowest BCUT2D eigenvalue weighted by molar-refractivity contribution is 0.123. The van der Waals surface area contributed by atoms with Gasteiger partial charge in [0, 0.05) is 6.26 Å². The molecule has 6 heteroatoms. The third-order valence-corrected chi connectivity index (χ3v) is 3.35. The van der Waals surface area contributed by atoms with Crippen molar-refractivity contribution in [3.8, 4) is 5.75 Å². The van der Waals surface area contributed by atoms with E-state index in [2.05, 4.69) is 0 Å². The molecule has 0 amide bonds. The summed E-state index contributed by atoms with van der Waals surface area (Å²) in [7, 11) is -3.33. The van der Waals surface area contributed by atoms with Crippen LogP contribution in [-0.2, 0) is 9.84 Å². The van der Waals surface area contributed by atoms with Crippen LogP contribution in [-0.4, -0.2) is 38.4 Å². The summed E-state index contributed by atoms with van der Waals surface area (Å²) < 4.78 is 28.0. The molecule has 1 rings (SSSR count). The van der Waals surface area contributed by atoms with E-state index >= 15 is 0 Å². The number of halogens is 1. The second-order valence-corrected chi connectivity index (χ2v) is 5.63. The zero-order chi connectivity index (χ0) is 12.2. The van der Waals surface area contributed by atoms with Gasteiger partial charge in [-0.15, -0.1) is 11.6 Å². The van der Waals surface area contributed by atoms with Gasteiger partial charge >= 0.3 is 0 Å². The predicted molar refractivity (Wildman–Crippen MR) is 61.8 cm³/mol. The summed E-state index contributed by atoms with van der Waals surface area (Å²) in [6, 6.07) is 6.27. The van der Waals surface area contributed by atoms with Crippen molar-refractivity contribution in [2.24, 2.45) is 0 Å². The Bertz CT molecular complexity index is 444. The molecule has 1 aromatic carbocycles. The molecule has 0 radical (unpaired) electrons. The number of rotatable bonds is 5. The minimum atomic E-state index is -3.33. The van der Waals surface area contributed by atoms with Crippen molar-refractivity contribution in [1.29, 1.82) is 0 Å². The minimum Gasteiger partial charge on any atom is -0.489 e. The third kappa shape index (κ3) is 3.66. The molecule has 1 atom stereocenters. The van der Waals surface area contributed by atoms with Crippen molar-refractivity contribution in [2.75, 3.05) is 18.7 Å². The van der Waals surface area contributed by atoms with Gasteiger partial charge < -0.3 is 9.84 Å². The molecule has 4 nitrogen and oxygen atoms in total. The lowest BCUT2D eigenvalue weighted by Gasteiger charge is -2.12. The van der Waals surface area contributed by atoms with Gasteiger partial charge in [0.15, 0.2) is 9.84 Å². The summed E-state index contributed by atoms with van der Waals surface area (Å²) in [5.41, 5.74) is 0. The van der Waals surface area contributed by atoms with Gasteiger partial charge in [-0.3, -0.25) is 0 Å². The van der Waals surface area contributed by atoms with E-state index in [1.807, 2.05) is 0 Å². The third-order valence-electron chi connectivity index (χ3n) is 1.86. The Morgan fingerprint density at radius 2 is 2.06 bits per heavy atom. The molecule has 0 heterocycles. The molecule has 0 aliphatic heterocycles. The van der Waals surface area contributed by atoms with Crippen molar-refractivity contribution in [3.05, 3.63) is 24.3 Å². The first kappa shape index (κ1) is 13.3. The zero-order valence-electron chi connectivity index (χ0n) is 8.76. The van der Waals surface area contributed by atoms with Crippen molar-refractivity contribution in [3.63, 3.8) is 0 Å². The monoisotopic (exact) mass is 264 g/mol. The van der Waals surface area contributed by atoms with Crippen LogP contribution >= 0.6 is 11.6 Å². The number of alkyl halides is 1. The molecule has 0 saturated carbocycles. The molecule has 0 aliphatic rings. The molecule has 0 bridgehead atoms. The summed E-state index contributed by atoms with van der Waals surface area (Å²) in [5.74, 6) is 0.273. The second-order valence-electron chi connectivity index (χ2n) is 3.34. The zero-order valence-corrected chi connectivity index (χ0v) is 10.3. The lowest BCUT2D eigenvalue weighted by atomic mass is 10.3. The quantitative estimate of drug-likeness (QED) is 0.808. The van der Waals surface area contributed by atoms with Crippen LogP contribution in [0.25, 0.3) is 0 Å². The minimum absolute atomic E-state index is 0.0317. The Morgan fingerprint density at radius 3 is 2.62 bits per heavy atom. The van der Waals surface area contributed by atoms with Gasteiger partial charge in [-0.2, -0.15) is 0 Å². The topological polar surface area (TPSA) is 63.6 Å². The summed E-state index contributed by atoms with van der Waals surface area (Å²) in [4.78, 5) is 0.108. The standard InChI is InChI=1S/C10H13ClO4S/c1-16(13,14)10-5-3-2-4-9(10)15-7-8(12)6-11/h2-5,8,12H,6-7H2,1H3. The van der Waals surface area contributed by atoms with Crippen LogP contribution < -0.4 is 4.74 Å². The molecule has 0 saturated heterocycles. The molecule has 0 fully saturated rings. The van der Waals surface area contributed by atoms with E-state index in [1.165, 1.54) is 12.1 Å². The van der Waals surface area contributed by atoms with Gasteiger partial charge in [-0.25, -0.2) is 8.42 Å². The number of hydrogen-bond acceptors (Lipinski definition) is 4. The van der Waals surface area contributed by atoms with Crippen molar-refractivity contribution >= 4 is 21.4 Å². The molecule has 16 heavy (non-hydrogen) atoms. The van der Waals surface area contributed by atoms with Gasteiger partial charge in [-0.1, -0.05) is 12.1 Å². The second kappa shape index (κ2) is 5.52. The van der Waals surface area contributed by atoms with Crippen LogP contribution in [0.1, 0.15) is 0 Å². The molecule has 0 aliphatic carbocycles. The number of benzene rings is 1. The number of hydrogen-bond donors (Lipinski definition) is 1. The van der Waals surface area contributed by atoms with Gasteiger partial charge in [0.2, 0.25) is 0 Å². The number of para-hydroxylation sites is 1. The smallest absolute Gasteiger partial charge is 0.179 e. The first-order valence-corrected chi connectivity index (χ1v) is 7.03. The number of aliphatic hydroxyl groups is 1. The van der Waals surface area contributed by atoms with Gasteiger partial charge in [-0.05, 0) is 12.1 Å². The van der Waals surface area contributed by atoms with Crippen molar-refractivity contribution in [1.82, 2.24) is 0 Å². The van der Waals surface area contributed by atoms with Gasteiger partial charge in [0.05, 0.1) is 5.88 Å². The van der Waals surface area contributed by atoms with Crippen LogP contribution in [0.4, 0.5) is 0 Å². The van der Waals surface area contributed by atoms with E-state index in [9.17, 15) is 13.5 Å². The Morgan fingerprint density at radius 1 is 1.44 bits per heavy atom. The molecule has 1 N–H and O–H groups in total. The highest BCUT2D eigenvalue weighted by atomic mass is 35.5. The first-order chi connectivity index (χ1) is 7.45. The Balaban J connectivity index is 2.88. The highest BCUT2D eigenvalue weighted by Gasteiger charge is 2.14. The van der Waals surface area contributed by atoms with Gasteiger partial charge in [0.1, 0.15) is 23.4 Å². The van der Waals surface area contributed by atoms with Crippen LogP contribution in [0, 0.1) is 0 Å². The van der Waals surface area contributed by atoms with E-state index in [-0.39, 0.29) is 23.1 Å². The fourth-order valence-electron chi connectivity index (χ4n) is 1.11. The van der Waals surface area contributed by atoms with Crippen LogP contribution in [0.15, 0.2) is 29.2 Å². The summed E-state index contributed by atoms with van der Waals surface area (Å²) in [6.07, 6.45) is 0.293. The highest BCUT2D eigenvalue weighted by Crippen LogP contribution is 2.23. The van der Waals surface area contributed by atoms with E-state index in [4.69, 9.17) is 16.3 Å². The largest absolute Gasteiger partial charge is 0.489 e. The lowest BCUT2D eigenvalue weighted by Crippen LogP contribution is -2.19. The maximum absolute atomic E-state index is 11.4. The highest BCUT2D eigenvalue weighted by molar-refractivity contribution is 7.90. The molecule has 1 unspecified atom stereocenters. The number of sulfone groups is 1. The Labute approximate surface area is 99.7 Å². The maximum Gasteiger partial charge on any atom is 0.179 e. The Kier molecular flexibility index (Phi) is 4.58. The van der Waals surface area contributed by atoms with E-state index in [0.717, 1.165) is 6.26 Å². The van der Waals surface area contributed by atoms with Crippen LogP contribution in [0.2, 0.25) is 0 Å². The summed E-state index contributed by atoms with van der Waals surface area (Å²) in [5, 5.41) is 9.21. The van der Waals surface area contributed by atoms with Crippen LogP contribution in [0.5, 0.6) is 5.75 Å². The fourth-order valence-corrected chi connectivity index (χ4v) is 2.01. The maximum atomic E-state index is 11.4. The average Bonchev–Trinajstić information content (AvgIpc) is 2.25. The van der Waals surface area contributed by atoms with Gasteiger partial charge in [0.25, 0.3) is 0 Å². The summed E-state index contributed by atoms with van der Waals surface area (Å²) >= 11 is 5.40. The SMILES string of the molecule is CS(=O)(=O)c1ccccc1OCC(O)CCl. The fraction of sp³-hybridized carbons (Fsp3) is 0.400. The molecule has 0 spiro atoms. The average molecular weight is 265 g/mol. The molecular formula is C10H13ClO4S. The van der Waals surface area contributed by atoms with E-state index in [1.54, 1.807) is 12.1 Å². The number of ether oxygens (including phenoxy) is 1. The summed E-state index contributed by atoms with van der Waals surface area (Å²) in [6.45, 7) is -0.0317. The van der Waals surface area contributed by atoms with Crippen molar-refractivity contribution < 1.29 is 18.3 Å². The number of aliphatic hydroxyl groups excluding tert-OH is 1. The molecule has 1 aromatic rings. The Hall–Kier alpha value is -0.780. The molecule has 90 valence electrons. The first-order valence-electron chi connectivity index (χ1n) is 4.61. The molecule has 0 aromatic heterocycles.